The second kappa shape index (κ2) is 16.0. The van der Waals surface area contributed by atoms with Gasteiger partial charge in [0, 0.05) is 12.5 Å². The van der Waals surface area contributed by atoms with Gasteiger partial charge in [-0.15, -0.1) is 0 Å². The molecule has 0 bridgehead atoms. The van der Waals surface area contributed by atoms with Gasteiger partial charge in [-0.2, -0.15) is 0 Å². The summed E-state index contributed by atoms with van der Waals surface area (Å²) in [6, 6.07) is 0. The predicted molar refractivity (Wildman–Crippen MR) is 116 cm³/mol. The van der Waals surface area contributed by atoms with Gasteiger partial charge in [0.25, 0.3) is 0 Å². The van der Waals surface area contributed by atoms with Crippen LogP contribution in [0, 0.1) is 0 Å². The summed E-state index contributed by atoms with van der Waals surface area (Å²) in [5.74, 6) is -0.547. The SMILES string of the molecule is C=CC(=O)OCCC(CCC[N+](CCCC)(CCCC)CCCC)OP(=O)(O)O. The van der Waals surface area contributed by atoms with Crippen LogP contribution in [-0.4, -0.2) is 59.1 Å². The molecule has 0 saturated heterocycles. The van der Waals surface area contributed by atoms with E-state index in [-0.39, 0.29) is 13.0 Å². The maximum atomic E-state index is 11.3. The van der Waals surface area contributed by atoms with E-state index < -0.39 is 19.9 Å². The number of hydrogen-bond acceptors (Lipinski definition) is 4. The Balaban J connectivity index is 4.94. The molecule has 0 radical (unpaired) electrons. The van der Waals surface area contributed by atoms with Crippen molar-refractivity contribution in [2.75, 3.05) is 32.8 Å². The van der Waals surface area contributed by atoms with Gasteiger partial charge >= 0.3 is 13.8 Å². The molecule has 1 atom stereocenters. The Kier molecular flexibility index (Phi) is 15.6. The average Bonchev–Trinajstić information content (AvgIpc) is 2.67. The third kappa shape index (κ3) is 14.8. The third-order valence-corrected chi connectivity index (χ3v) is 5.83. The lowest BCUT2D eigenvalue weighted by Crippen LogP contribution is -2.51. The van der Waals surface area contributed by atoms with Crippen LogP contribution in [0.15, 0.2) is 12.7 Å². The van der Waals surface area contributed by atoms with Crippen molar-refractivity contribution in [3.05, 3.63) is 12.7 Å². The first-order chi connectivity index (χ1) is 13.7. The van der Waals surface area contributed by atoms with E-state index in [0.29, 0.717) is 6.42 Å². The van der Waals surface area contributed by atoms with Gasteiger partial charge in [0.2, 0.25) is 0 Å². The minimum Gasteiger partial charge on any atom is -0.462 e. The van der Waals surface area contributed by atoms with E-state index in [1.165, 1.54) is 19.3 Å². The molecule has 1 unspecified atom stereocenters. The smallest absolute Gasteiger partial charge is 0.462 e. The Bertz CT molecular complexity index is 472. The minimum atomic E-state index is -4.59. The van der Waals surface area contributed by atoms with Crippen molar-refractivity contribution >= 4 is 13.8 Å². The Morgan fingerprint density at radius 1 is 0.966 bits per heavy atom. The summed E-state index contributed by atoms with van der Waals surface area (Å²) in [5.41, 5.74) is 0. The van der Waals surface area contributed by atoms with Crippen LogP contribution < -0.4 is 0 Å². The number of quaternary nitrogens is 1. The van der Waals surface area contributed by atoms with E-state index >= 15 is 0 Å². The molecule has 2 N–H and O–H groups in total. The molecule has 0 amide bonds. The van der Waals surface area contributed by atoms with Gasteiger partial charge in [0.05, 0.1) is 38.9 Å². The summed E-state index contributed by atoms with van der Waals surface area (Å²) in [6.07, 6.45) is 9.08. The molecule has 0 heterocycles. The molecule has 0 aromatic rings. The lowest BCUT2D eigenvalue weighted by Gasteiger charge is -2.39. The lowest BCUT2D eigenvalue weighted by molar-refractivity contribution is -0.929. The average molecular weight is 437 g/mol. The molecular weight excluding hydrogens is 393 g/mol. The fraction of sp³-hybridized carbons (Fsp3) is 0.857. The van der Waals surface area contributed by atoms with E-state index in [0.717, 1.165) is 62.4 Å². The molecule has 29 heavy (non-hydrogen) atoms. The Morgan fingerprint density at radius 3 is 1.86 bits per heavy atom. The van der Waals surface area contributed by atoms with Crippen LogP contribution in [0.25, 0.3) is 0 Å². The van der Waals surface area contributed by atoms with Crippen molar-refractivity contribution in [2.45, 2.75) is 84.7 Å². The predicted octanol–water partition coefficient (Wildman–Crippen LogP) is 4.58. The van der Waals surface area contributed by atoms with Crippen LogP contribution in [0.4, 0.5) is 0 Å². The summed E-state index contributed by atoms with van der Waals surface area (Å²) >= 11 is 0. The summed E-state index contributed by atoms with van der Waals surface area (Å²) in [6.45, 7) is 14.5. The fourth-order valence-corrected chi connectivity index (χ4v) is 4.20. The van der Waals surface area contributed by atoms with E-state index in [4.69, 9.17) is 9.26 Å². The first-order valence-corrected chi connectivity index (χ1v) is 12.6. The number of phosphoric acid groups is 1. The van der Waals surface area contributed by atoms with Gasteiger partial charge in [0.1, 0.15) is 0 Å². The molecule has 0 spiro atoms. The number of phosphoric ester groups is 1. The Hall–Kier alpha value is -0.720. The third-order valence-electron chi connectivity index (χ3n) is 5.25. The van der Waals surface area contributed by atoms with Crippen molar-refractivity contribution in [2.24, 2.45) is 0 Å². The van der Waals surface area contributed by atoms with Crippen molar-refractivity contribution in [1.29, 1.82) is 0 Å². The molecule has 0 rings (SSSR count). The highest BCUT2D eigenvalue weighted by molar-refractivity contribution is 7.46. The van der Waals surface area contributed by atoms with E-state index in [1.807, 2.05) is 0 Å². The molecule has 0 aliphatic carbocycles. The van der Waals surface area contributed by atoms with Crippen LogP contribution >= 0.6 is 7.82 Å². The maximum absolute atomic E-state index is 11.3. The second-order valence-corrected chi connectivity index (χ2v) is 9.01. The molecule has 0 aliphatic rings. The van der Waals surface area contributed by atoms with Crippen molar-refractivity contribution in [3.63, 3.8) is 0 Å². The van der Waals surface area contributed by atoms with Gasteiger partial charge in [-0.3, -0.25) is 4.52 Å². The maximum Gasteiger partial charge on any atom is 0.469 e. The number of unbranched alkanes of at least 4 members (excludes halogenated alkanes) is 3. The quantitative estimate of drug-likeness (QED) is 0.133. The monoisotopic (exact) mass is 436 g/mol. The zero-order valence-corrected chi connectivity index (χ0v) is 19.6. The highest BCUT2D eigenvalue weighted by Gasteiger charge is 2.27. The molecule has 0 aromatic heterocycles. The number of carbonyl (C=O) groups is 1. The molecule has 0 aromatic carbocycles. The zero-order chi connectivity index (χ0) is 22.2. The number of carbonyl (C=O) groups excluding carboxylic acids is 1. The molecule has 7 nitrogen and oxygen atoms in total. The summed E-state index contributed by atoms with van der Waals surface area (Å²) in [4.78, 5) is 29.6. The number of hydrogen-bond donors (Lipinski definition) is 2. The summed E-state index contributed by atoms with van der Waals surface area (Å²) in [7, 11) is -4.59. The van der Waals surface area contributed by atoms with Crippen LogP contribution in [-0.2, 0) is 18.6 Å². The first kappa shape index (κ1) is 28.3. The molecule has 0 saturated carbocycles. The topological polar surface area (TPSA) is 93.1 Å². The zero-order valence-electron chi connectivity index (χ0n) is 18.7. The van der Waals surface area contributed by atoms with Gasteiger partial charge < -0.3 is 19.0 Å². The highest BCUT2D eigenvalue weighted by Crippen LogP contribution is 2.39. The van der Waals surface area contributed by atoms with E-state index in [9.17, 15) is 19.1 Å². The van der Waals surface area contributed by atoms with Gasteiger partial charge in [0.15, 0.2) is 0 Å². The number of esters is 1. The van der Waals surface area contributed by atoms with Crippen molar-refractivity contribution in [1.82, 2.24) is 0 Å². The lowest BCUT2D eigenvalue weighted by atomic mass is 10.1. The number of nitrogens with zero attached hydrogens (tertiary/aromatic N) is 1. The van der Waals surface area contributed by atoms with Crippen molar-refractivity contribution < 1.29 is 32.9 Å². The molecule has 8 heteroatoms. The van der Waals surface area contributed by atoms with Crippen LogP contribution in [0.1, 0.15) is 78.6 Å². The Labute approximate surface area is 177 Å². The molecule has 0 aliphatic heterocycles. The van der Waals surface area contributed by atoms with Gasteiger partial charge in [-0.1, -0.05) is 46.6 Å². The fourth-order valence-electron chi connectivity index (χ4n) is 3.60. The summed E-state index contributed by atoms with van der Waals surface area (Å²) in [5, 5.41) is 0. The van der Waals surface area contributed by atoms with Crippen LogP contribution in [0.5, 0.6) is 0 Å². The van der Waals surface area contributed by atoms with E-state index in [1.54, 1.807) is 0 Å². The van der Waals surface area contributed by atoms with Crippen molar-refractivity contribution in [3.8, 4) is 0 Å². The van der Waals surface area contributed by atoms with Gasteiger partial charge in [-0.25, -0.2) is 9.36 Å². The van der Waals surface area contributed by atoms with Crippen LogP contribution in [0.2, 0.25) is 0 Å². The standard InChI is InChI=1S/C21H42NO6P/c1-5-9-15-22(16-10-6-2,17-11-7-3)18-12-13-20(28-29(24,25)26)14-19-27-21(23)8-4/h8,20H,4-7,9-19H2,1-3H3,(H-,24,25,26)/p+1. The molecule has 0 fully saturated rings. The number of ether oxygens (including phenoxy) is 1. The molecule has 172 valence electrons. The van der Waals surface area contributed by atoms with Gasteiger partial charge in [-0.05, 0) is 32.1 Å². The Morgan fingerprint density at radius 2 is 1.45 bits per heavy atom. The summed E-state index contributed by atoms with van der Waals surface area (Å²) < 4.78 is 22.3. The minimum absolute atomic E-state index is 0.0526. The van der Waals surface area contributed by atoms with E-state index in [2.05, 4.69) is 27.4 Å². The highest BCUT2D eigenvalue weighted by atomic mass is 31.2. The molecular formula is C21H43NO6P+. The second-order valence-electron chi connectivity index (χ2n) is 7.82. The van der Waals surface area contributed by atoms with Crippen LogP contribution in [0.3, 0.4) is 0 Å². The number of rotatable bonds is 19. The normalized spacial score (nSPS) is 13.3. The largest absolute Gasteiger partial charge is 0.469 e. The first-order valence-electron chi connectivity index (χ1n) is 11.1.